The molecule has 4 aromatic rings. The summed E-state index contributed by atoms with van der Waals surface area (Å²) in [5, 5.41) is 20.4. The Morgan fingerprint density at radius 3 is 2.82 bits per heavy atom. The standard InChI is InChI=1S/C23H21N7O3/c1-5-10-33-18-11-15(6-7-17(18)32-4)16-12-21(31)24-23-22(16)13(2)27-30(23)20-9-8-19-26-25-14(3)29(19)28-20/h1,6-9,11,16H,10,12H2,2-4H3,(H,24,31). The molecule has 0 radical (unpaired) electrons. The van der Waals surface area contributed by atoms with Crippen LogP contribution in [-0.4, -0.2) is 49.2 Å². The number of amides is 1. The zero-order chi connectivity index (χ0) is 23.1. The molecule has 0 fully saturated rings. The zero-order valence-corrected chi connectivity index (χ0v) is 18.4. The van der Waals surface area contributed by atoms with E-state index < -0.39 is 0 Å². The second-order valence-corrected chi connectivity index (χ2v) is 7.68. The highest BCUT2D eigenvalue weighted by atomic mass is 16.5. The summed E-state index contributed by atoms with van der Waals surface area (Å²) in [7, 11) is 1.57. The topological polar surface area (TPSA) is 108 Å². The molecule has 5 rings (SSSR count). The molecule has 0 spiro atoms. The van der Waals surface area contributed by atoms with Gasteiger partial charge in [0, 0.05) is 17.9 Å². The van der Waals surface area contributed by atoms with Crippen molar-refractivity contribution < 1.29 is 14.3 Å². The van der Waals surface area contributed by atoms with Gasteiger partial charge in [0.25, 0.3) is 0 Å². The van der Waals surface area contributed by atoms with Gasteiger partial charge in [-0.15, -0.1) is 21.7 Å². The van der Waals surface area contributed by atoms with Crippen LogP contribution in [0, 0.1) is 26.2 Å². The molecule has 1 atom stereocenters. The molecule has 1 N–H and O–H groups in total. The minimum Gasteiger partial charge on any atom is -0.493 e. The van der Waals surface area contributed by atoms with Crippen molar-refractivity contribution in [3.8, 4) is 29.7 Å². The monoisotopic (exact) mass is 443 g/mol. The van der Waals surface area contributed by atoms with Gasteiger partial charge in [-0.25, -0.2) is 0 Å². The van der Waals surface area contributed by atoms with E-state index in [4.69, 9.17) is 21.0 Å². The number of carbonyl (C=O) groups excluding carboxylic acids is 1. The molecule has 10 nitrogen and oxygen atoms in total. The van der Waals surface area contributed by atoms with Crippen molar-refractivity contribution in [3.63, 3.8) is 0 Å². The van der Waals surface area contributed by atoms with Gasteiger partial charge >= 0.3 is 0 Å². The van der Waals surface area contributed by atoms with Gasteiger partial charge in [0.15, 0.2) is 28.8 Å². The lowest BCUT2D eigenvalue weighted by atomic mass is 9.85. The van der Waals surface area contributed by atoms with E-state index >= 15 is 0 Å². The third kappa shape index (κ3) is 3.43. The smallest absolute Gasteiger partial charge is 0.226 e. The molecule has 166 valence electrons. The number of ether oxygens (including phenoxy) is 2. The lowest BCUT2D eigenvalue weighted by molar-refractivity contribution is -0.116. The summed E-state index contributed by atoms with van der Waals surface area (Å²) in [6.07, 6.45) is 5.63. The molecule has 0 aliphatic carbocycles. The number of hydrogen-bond donors (Lipinski definition) is 1. The van der Waals surface area contributed by atoms with E-state index in [-0.39, 0.29) is 24.9 Å². The highest BCUT2D eigenvalue weighted by molar-refractivity contribution is 5.95. The number of anilines is 1. The van der Waals surface area contributed by atoms with Crippen LogP contribution < -0.4 is 14.8 Å². The summed E-state index contributed by atoms with van der Waals surface area (Å²) < 4.78 is 14.3. The molecular weight excluding hydrogens is 422 g/mol. The predicted molar refractivity (Wildman–Crippen MR) is 120 cm³/mol. The van der Waals surface area contributed by atoms with Crippen LogP contribution in [0.25, 0.3) is 11.5 Å². The molecule has 4 heterocycles. The number of terminal acetylenes is 1. The quantitative estimate of drug-likeness (QED) is 0.472. The third-order valence-corrected chi connectivity index (χ3v) is 5.63. The third-order valence-electron chi connectivity index (χ3n) is 5.63. The Morgan fingerprint density at radius 2 is 2.03 bits per heavy atom. The van der Waals surface area contributed by atoms with E-state index in [1.807, 2.05) is 38.1 Å². The van der Waals surface area contributed by atoms with Crippen molar-refractivity contribution in [2.24, 2.45) is 0 Å². The van der Waals surface area contributed by atoms with Gasteiger partial charge in [0.2, 0.25) is 5.91 Å². The van der Waals surface area contributed by atoms with Gasteiger partial charge in [0.1, 0.15) is 12.4 Å². The van der Waals surface area contributed by atoms with E-state index in [0.29, 0.717) is 34.6 Å². The molecule has 33 heavy (non-hydrogen) atoms. The van der Waals surface area contributed by atoms with Crippen LogP contribution in [0.4, 0.5) is 5.82 Å². The van der Waals surface area contributed by atoms with Crippen molar-refractivity contribution in [2.45, 2.75) is 26.2 Å². The van der Waals surface area contributed by atoms with Gasteiger partial charge in [-0.1, -0.05) is 12.0 Å². The van der Waals surface area contributed by atoms with Gasteiger partial charge in [-0.3, -0.25) is 4.79 Å². The fourth-order valence-corrected chi connectivity index (χ4v) is 4.14. The Hall–Kier alpha value is -4.39. The fourth-order valence-electron chi connectivity index (χ4n) is 4.14. The fraction of sp³-hybridized carbons (Fsp3) is 0.261. The first-order chi connectivity index (χ1) is 16.0. The van der Waals surface area contributed by atoms with Crippen molar-refractivity contribution in [2.75, 3.05) is 19.0 Å². The molecule has 0 bridgehead atoms. The molecule has 1 amide bonds. The number of carbonyl (C=O) groups is 1. The number of fused-ring (bicyclic) bond motifs is 2. The summed E-state index contributed by atoms with van der Waals surface area (Å²) in [5.74, 6) is 5.02. The van der Waals surface area contributed by atoms with Gasteiger partial charge < -0.3 is 14.8 Å². The summed E-state index contributed by atoms with van der Waals surface area (Å²) in [6.45, 7) is 3.85. The molecule has 1 aliphatic heterocycles. The number of aryl methyl sites for hydroxylation is 2. The van der Waals surface area contributed by atoms with Crippen LogP contribution in [0.3, 0.4) is 0 Å². The van der Waals surface area contributed by atoms with Crippen LogP contribution >= 0.6 is 0 Å². The highest BCUT2D eigenvalue weighted by Gasteiger charge is 2.33. The highest BCUT2D eigenvalue weighted by Crippen LogP contribution is 2.42. The van der Waals surface area contributed by atoms with E-state index in [2.05, 4.69) is 26.5 Å². The van der Waals surface area contributed by atoms with E-state index in [9.17, 15) is 4.79 Å². The van der Waals surface area contributed by atoms with Crippen LogP contribution in [-0.2, 0) is 4.79 Å². The molecule has 1 unspecified atom stereocenters. The predicted octanol–water partition coefficient (Wildman–Crippen LogP) is 2.42. The maximum absolute atomic E-state index is 12.7. The summed E-state index contributed by atoms with van der Waals surface area (Å²) in [6, 6.07) is 9.22. The maximum Gasteiger partial charge on any atom is 0.226 e. The van der Waals surface area contributed by atoms with Crippen molar-refractivity contribution in [1.82, 2.24) is 29.6 Å². The minimum atomic E-state index is -0.220. The average molecular weight is 443 g/mol. The SMILES string of the molecule is C#CCOc1cc(C2CC(=O)Nc3c2c(C)nn3-c2ccc3nnc(C)n3n2)ccc1OC. The summed E-state index contributed by atoms with van der Waals surface area (Å²) in [4.78, 5) is 12.7. The lowest BCUT2D eigenvalue weighted by Gasteiger charge is -2.25. The van der Waals surface area contributed by atoms with Crippen LogP contribution in [0.5, 0.6) is 11.5 Å². The molecule has 0 saturated carbocycles. The molecular formula is C23H21N7O3. The number of nitrogens with one attached hydrogen (secondary N) is 1. The second kappa shape index (κ2) is 7.94. The average Bonchev–Trinajstić information content (AvgIpc) is 3.36. The molecule has 1 aromatic carbocycles. The van der Waals surface area contributed by atoms with E-state index in [0.717, 1.165) is 16.8 Å². The molecule has 0 saturated heterocycles. The van der Waals surface area contributed by atoms with Crippen LogP contribution in [0.2, 0.25) is 0 Å². The largest absolute Gasteiger partial charge is 0.493 e. The second-order valence-electron chi connectivity index (χ2n) is 7.68. The summed E-state index contributed by atoms with van der Waals surface area (Å²) >= 11 is 0. The number of nitrogens with zero attached hydrogens (tertiary/aromatic N) is 6. The molecule has 3 aromatic heterocycles. The van der Waals surface area contributed by atoms with Crippen molar-refractivity contribution >= 4 is 17.4 Å². The Kier molecular flexibility index (Phi) is 4.94. The van der Waals surface area contributed by atoms with E-state index in [1.165, 1.54) is 0 Å². The lowest BCUT2D eigenvalue weighted by Crippen LogP contribution is -2.25. The normalized spacial score (nSPS) is 15.1. The summed E-state index contributed by atoms with van der Waals surface area (Å²) in [5.41, 5.74) is 3.25. The minimum absolute atomic E-state index is 0.114. The zero-order valence-electron chi connectivity index (χ0n) is 18.4. The van der Waals surface area contributed by atoms with E-state index in [1.54, 1.807) is 22.4 Å². The van der Waals surface area contributed by atoms with Crippen LogP contribution in [0.1, 0.15) is 35.0 Å². The number of methoxy groups -OCH3 is 1. The Labute approximate surface area is 189 Å². The molecule has 10 heteroatoms. The van der Waals surface area contributed by atoms with Gasteiger partial charge in [-0.2, -0.15) is 14.3 Å². The first-order valence-corrected chi connectivity index (χ1v) is 10.3. The first kappa shape index (κ1) is 20.5. The maximum atomic E-state index is 12.7. The number of rotatable bonds is 5. The first-order valence-electron chi connectivity index (χ1n) is 10.3. The van der Waals surface area contributed by atoms with Crippen LogP contribution in [0.15, 0.2) is 30.3 Å². The van der Waals surface area contributed by atoms with Crippen molar-refractivity contribution in [1.29, 1.82) is 0 Å². The van der Waals surface area contributed by atoms with Gasteiger partial charge in [0.05, 0.1) is 12.8 Å². The Balaban J connectivity index is 1.62. The number of hydrogen-bond acceptors (Lipinski definition) is 7. The molecule has 1 aliphatic rings. The van der Waals surface area contributed by atoms with Crippen molar-refractivity contribution in [3.05, 3.63) is 53.0 Å². The Morgan fingerprint density at radius 1 is 1.18 bits per heavy atom. The van der Waals surface area contributed by atoms with Gasteiger partial charge in [-0.05, 0) is 43.7 Å². The number of aromatic nitrogens is 6. The Bertz CT molecular complexity index is 1430. The number of benzene rings is 1.